The maximum atomic E-state index is 2.45. The van der Waals surface area contributed by atoms with Crippen molar-refractivity contribution in [1.29, 1.82) is 0 Å². The van der Waals surface area contributed by atoms with Crippen LogP contribution in [0.4, 0.5) is 0 Å². The fourth-order valence-electron chi connectivity index (χ4n) is 2.52. The molecule has 0 heterocycles. The summed E-state index contributed by atoms with van der Waals surface area (Å²) in [6.45, 7) is 6.87. The van der Waals surface area contributed by atoms with Gasteiger partial charge in [0, 0.05) is 0 Å². The highest BCUT2D eigenvalue weighted by molar-refractivity contribution is 5.36. The van der Waals surface area contributed by atoms with E-state index in [1.165, 1.54) is 44.9 Å². The molecule has 0 N–H and O–H groups in total. The predicted molar refractivity (Wildman–Crippen MR) is 69.0 cm³/mol. The second-order valence-corrected chi connectivity index (χ2v) is 4.66. The van der Waals surface area contributed by atoms with Crippen LogP contribution in [0.25, 0.3) is 0 Å². The van der Waals surface area contributed by atoms with E-state index in [9.17, 15) is 0 Å². The van der Waals surface area contributed by atoms with Gasteiger partial charge < -0.3 is 0 Å². The Morgan fingerprint density at radius 1 is 1.00 bits per heavy atom. The van der Waals surface area contributed by atoms with Crippen LogP contribution >= 0.6 is 0 Å². The Bertz CT molecular complexity index is 232. The molecular formula is C15H26. The third kappa shape index (κ3) is 3.52. The lowest BCUT2D eigenvalue weighted by Gasteiger charge is -2.14. The summed E-state index contributed by atoms with van der Waals surface area (Å²) in [5.74, 6) is 0.784. The van der Waals surface area contributed by atoms with Crippen molar-refractivity contribution in [3.63, 3.8) is 0 Å². The normalized spacial score (nSPS) is 20.3. The first kappa shape index (κ1) is 12.5. The summed E-state index contributed by atoms with van der Waals surface area (Å²) in [5.41, 5.74) is 3.41. The number of hydrogen-bond donors (Lipinski definition) is 0. The van der Waals surface area contributed by atoms with E-state index in [0.717, 1.165) is 5.92 Å². The predicted octanol–water partition coefficient (Wildman–Crippen LogP) is 5.26. The zero-order valence-electron chi connectivity index (χ0n) is 10.7. The van der Waals surface area contributed by atoms with E-state index in [2.05, 4.69) is 32.9 Å². The first-order valence-electron chi connectivity index (χ1n) is 6.73. The topological polar surface area (TPSA) is 0 Å². The van der Waals surface area contributed by atoms with Gasteiger partial charge in [-0.25, -0.2) is 0 Å². The lowest BCUT2D eigenvalue weighted by Crippen LogP contribution is -1.99. The van der Waals surface area contributed by atoms with Gasteiger partial charge in [-0.15, -0.1) is 0 Å². The molecule has 0 amide bonds. The van der Waals surface area contributed by atoms with E-state index in [1.807, 2.05) is 0 Å². The number of rotatable bonds is 7. The van der Waals surface area contributed by atoms with Crippen molar-refractivity contribution < 1.29 is 0 Å². The average molecular weight is 206 g/mol. The van der Waals surface area contributed by atoms with Gasteiger partial charge in [0.2, 0.25) is 0 Å². The van der Waals surface area contributed by atoms with Crippen LogP contribution in [0.3, 0.4) is 0 Å². The Kier molecular flexibility index (Phi) is 5.75. The smallest absolute Gasteiger partial charge is 0.00142 e. The van der Waals surface area contributed by atoms with Gasteiger partial charge in [0.15, 0.2) is 0 Å². The molecule has 0 aromatic heterocycles. The minimum atomic E-state index is 0.784. The summed E-state index contributed by atoms with van der Waals surface area (Å²) in [5, 5.41) is 0. The average Bonchev–Trinajstić information content (AvgIpc) is 2.60. The molecule has 1 rings (SSSR count). The Balaban J connectivity index is 2.61. The van der Waals surface area contributed by atoms with Gasteiger partial charge >= 0.3 is 0 Å². The summed E-state index contributed by atoms with van der Waals surface area (Å²) in [7, 11) is 0. The lowest BCUT2D eigenvalue weighted by molar-refractivity contribution is 0.598. The van der Waals surface area contributed by atoms with E-state index < -0.39 is 0 Å². The van der Waals surface area contributed by atoms with Crippen LogP contribution in [0.15, 0.2) is 23.3 Å². The van der Waals surface area contributed by atoms with Crippen LogP contribution in [0.2, 0.25) is 0 Å². The Hall–Kier alpha value is -0.520. The summed E-state index contributed by atoms with van der Waals surface area (Å²) in [6, 6.07) is 0. The minimum absolute atomic E-state index is 0.784. The molecule has 1 aliphatic carbocycles. The van der Waals surface area contributed by atoms with Crippen LogP contribution in [0.1, 0.15) is 65.7 Å². The molecule has 0 spiro atoms. The number of allylic oxidation sites excluding steroid dienone is 4. The maximum Gasteiger partial charge on any atom is -0.00142 e. The van der Waals surface area contributed by atoms with Gasteiger partial charge in [0.1, 0.15) is 0 Å². The van der Waals surface area contributed by atoms with Crippen LogP contribution in [-0.2, 0) is 0 Å². The quantitative estimate of drug-likeness (QED) is 0.533. The van der Waals surface area contributed by atoms with Gasteiger partial charge in [-0.05, 0) is 30.8 Å². The standard InChI is InChI=1S/C15H26/c1-4-7-10-14-12-11-13(8-5-2)15(14)9-6-3/h11-12,14H,4-10H2,1-3H3. The number of hydrogen-bond acceptors (Lipinski definition) is 0. The van der Waals surface area contributed by atoms with Gasteiger partial charge in [-0.1, -0.05) is 64.2 Å². The van der Waals surface area contributed by atoms with Crippen LogP contribution in [0, 0.1) is 5.92 Å². The van der Waals surface area contributed by atoms with Crippen molar-refractivity contribution >= 4 is 0 Å². The van der Waals surface area contributed by atoms with Crippen LogP contribution < -0.4 is 0 Å². The molecule has 0 radical (unpaired) electrons. The first-order chi connectivity index (χ1) is 7.33. The summed E-state index contributed by atoms with van der Waals surface area (Å²) < 4.78 is 0. The fourth-order valence-corrected chi connectivity index (χ4v) is 2.52. The minimum Gasteiger partial charge on any atom is -0.0771 e. The van der Waals surface area contributed by atoms with Gasteiger partial charge in [-0.3, -0.25) is 0 Å². The van der Waals surface area contributed by atoms with Gasteiger partial charge in [-0.2, -0.15) is 0 Å². The van der Waals surface area contributed by atoms with Crippen LogP contribution in [0.5, 0.6) is 0 Å². The van der Waals surface area contributed by atoms with Gasteiger partial charge in [0.05, 0.1) is 0 Å². The molecule has 0 aromatic carbocycles. The highest BCUT2D eigenvalue weighted by Gasteiger charge is 2.18. The fraction of sp³-hybridized carbons (Fsp3) is 0.733. The van der Waals surface area contributed by atoms with E-state index in [1.54, 1.807) is 11.1 Å². The number of unbranched alkanes of at least 4 members (excludes halogenated alkanes) is 1. The van der Waals surface area contributed by atoms with E-state index in [-0.39, 0.29) is 0 Å². The van der Waals surface area contributed by atoms with Gasteiger partial charge in [0.25, 0.3) is 0 Å². The third-order valence-corrected chi connectivity index (χ3v) is 3.30. The molecule has 0 saturated carbocycles. The highest BCUT2D eigenvalue weighted by Crippen LogP contribution is 2.34. The van der Waals surface area contributed by atoms with Crippen molar-refractivity contribution in [2.45, 2.75) is 65.7 Å². The molecule has 0 aromatic rings. The second-order valence-electron chi connectivity index (χ2n) is 4.66. The van der Waals surface area contributed by atoms with Crippen molar-refractivity contribution in [2.24, 2.45) is 5.92 Å². The molecule has 1 atom stereocenters. The molecule has 0 heteroatoms. The maximum absolute atomic E-state index is 2.45. The van der Waals surface area contributed by atoms with Crippen LogP contribution in [-0.4, -0.2) is 0 Å². The molecule has 0 fully saturated rings. The molecule has 1 unspecified atom stereocenters. The zero-order chi connectivity index (χ0) is 11.1. The van der Waals surface area contributed by atoms with Crippen molar-refractivity contribution in [2.75, 3.05) is 0 Å². The first-order valence-corrected chi connectivity index (χ1v) is 6.73. The summed E-state index contributed by atoms with van der Waals surface area (Å²) in [6.07, 6.45) is 14.1. The Labute approximate surface area is 95.5 Å². The SMILES string of the molecule is CCCCC1C=CC(CCC)=C1CCC. The summed E-state index contributed by atoms with van der Waals surface area (Å²) in [4.78, 5) is 0. The Morgan fingerprint density at radius 2 is 1.73 bits per heavy atom. The molecule has 1 aliphatic rings. The monoisotopic (exact) mass is 206 g/mol. The molecular weight excluding hydrogens is 180 g/mol. The van der Waals surface area contributed by atoms with E-state index in [4.69, 9.17) is 0 Å². The summed E-state index contributed by atoms with van der Waals surface area (Å²) >= 11 is 0. The third-order valence-electron chi connectivity index (χ3n) is 3.30. The van der Waals surface area contributed by atoms with Crippen molar-refractivity contribution in [3.8, 4) is 0 Å². The molecule has 86 valence electrons. The zero-order valence-corrected chi connectivity index (χ0v) is 10.7. The highest BCUT2D eigenvalue weighted by atomic mass is 14.2. The molecule has 0 saturated heterocycles. The molecule has 0 bridgehead atoms. The lowest BCUT2D eigenvalue weighted by atomic mass is 9.91. The Morgan fingerprint density at radius 3 is 2.33 bits per heavy atom. The van der Waals surface area contributed by atoms with Crippen molar-refractivity contribution in [1.82, 2.24) is 0 Å². The second kappa shape index (κ2) is 6.87. The molecule has 15 heavy (non-hydrogen) atoms. The van der Waals surface area contributed by atoms with E-state index >= 15 is 0 Å². The molecule has 0 aliphatic heterocycles. The van der Waals surface area contributed by atoms with E-state index in [0.29, 0.717) is 0 Å². The largest absolute Gasteiger partial charge is 0.0771 e. The molecule has 0 nitrogen and oxygen atoms in total. The van der Waals surface area contributed by atoms with Crippen molar-refractivity contribution in [3.05, 3.63) is 23.3 Å².